The Kier molecular flexibility index (Phi) is 4.16. The summed E-state index contributed by atoms with van der Waals surface area (Å²) in [5.74, 6) is 1.10. The number of hydrogen-bond acceptors (Lipinski definition) is 2. The summed E-state index contributed by atoms with van der Waals surface area (Å²) in [6, 6.07) is 5.94. The number of alkyl halides is 1. The molecule has 0 saturated carbocycles. The maximum atomic E-state index is 6.43. The highest BCUT2D eigenvalue weighted by Crippen LogP contribution is 2.30. The van der Waals surface area contributed by atoms with Crippen molar-refractivity contribution in [3.8, 4) is 5.69 Å². The fourth-order valence-corrected chi connectivity index (χ4v) is 3.56. The van der Waals surface area contributed by atoms with Gasteiger partial charge in [0.15, 0.2) is 5.65 Å². The lowest BCUT2D eigenvalue weighted by atomic mass is 10.3. The van der Waals surface area contributed by atoms with Crippen molar-refractivity contribution in [3.05, 3.63) is 38.3 Å². The Hall–Kier alpha value is -0.790. The summed E-state index contributed by atoms with van der Waals surface area (Å²) < 4.78 is 5.03. The van der Waals surface area contributed by atoms with Crippen LogP contribution in [0, 0.1) is 10.5 Å². The molecule has 0 amide bonds. The predicted molar refractivity (Wildman–Crippen MR) is 94.6 cm³/mol. The molecule has 3 rings (SSSR count). The van der Waals surface area contributed by atoms with E-state index in [-0.39, 0.29) is 0 Å². The van der Waals surface area contributed by atoms with Crippen molar-refractivity contribution in [2.24, 2.45) is 0 Å². The SMILES string of the molecule is CCn1nc(C)c2nc(CCl)n(-c3ccc(I)cc3Cl)c21. The average molecular weight is 435 g/mol. The third-order valence-electron chi connectivity index (χ3n) is 3.35. The second-order valence-electron chi connectivity index (χ2n) is 4.67. The van der Waals surface area contributed by atoms with Crippen molar-refractivity contribution in [1.29, 1.82) is 0 Å². The van der Waals surface area contributed by atoms with Crippen LogP contribution in [0.4, 0.5) is 0 Å². The van der Waals surface area contributed by atoms with Gasteiger partial charge in [0.2, 0.25) is 0 Å². The molecule has 0 bridgehead atoms. The zero-order valence-electron chi connectivity index (χ0n) is 11.6. The Morgan fingerprint density at radius 2 is 2.10 bits per heavy atom. The van der Waals surface area contributed by atoms with Gasteiger partial charge in [0.1, 0.15) is 11.3 Å². The molecule has 0 spiro atoms. The highest BCUT2D eigenvalue weighted by Gasteiger charge is 2.20. The summed E-state index contributed by atoms with van der Waals surface area (Å²) in [5.41, 5.74) is 3.60. The molecule has 0 aliphatic carbocycles. The zero-order chi connectivity index (χ0) is 15.1. The molecule has 110 valence electrons. The number of halogens is 3. The molecule has 1 aromatic carbocycles. The quantitative estimate of drug-likeness (QED) is 0.447. The Bertz CT molecular complexity index is 822. The first-order valence-corrected chi connectivity index (χ1v) is 8.52. The fraction of sp³-hybridized carbons (Fsp3) is 0.286. The molecule has 0 fully saturated rings. The Morgan fingerprint density at radius 3 is 2.71 bits per heavy atom. The summed E-state index contributed by atoms with van der Waals surface area (Å²) >= 11 is 14.8. The van der Waals surface area contributed by atoms with Crippen LogP contribution in [0.25, 0.3) is 16.9 Å². The highest BCUT2D eigenvalue weighted by molar-refractivity contribution is 14.1. The molecule has 0 aliphatic heterocycles. The van der Waals surface area contributed by atoms with E-state index in [9.17, 15) is 0 Å². The maximum absolute atomic E-state index is 6.43. The van der Waals surface area contributed by atoms with Crippen molar-refractivity contribution >= 4 is 57.0 Å². The first-order chi connectivity index (χ1) is 10.1. The maximum Gasteiger partial charge on any atom is 0.163 e. The number of hydrogen-bond donors (Lipinski definition) is 0. The second-order valence-corrected chi connectivity index (χ2v) is 6.59. The summed E-state index contributed by atoms with van der Waals surface area (Å²) in [4.78, 5) is 4.63. The van der Waals surface area contributed by atoms with Gasteiger partial charge >= 0.3 is 0 Å². The van der Waals surface area contributed by atoms with Crippen molar-refractivity contribution in [2.75, 3.05) is 0 Å². The van der Waals surface area contributed by atoms with Crippen molar-refractivity contribution in [1.82, 2.24) is 19.3 Å². The van der Waals surface area contributed by atoms with Crippen LogP contribution in [0.2, 0.25) is 5.02 Å². The minimum atomic E-state index is 0.320. The molecule has 0 radical (unpaired) electrons. The van der Waals surface area contributed by atoms with E-state index >= 15 is 0 Å². The minimum Gasteiger partial charge on any atom is -0.278 e. The summed E-state index contributed by atoms with van der Waals surface area (Å²) in [6.45, 7) is 4.78. The molecule has 21 heavy (non-hydrogen) atoms. The largest absolute Gasteiger partial charge is 0.278 e. The van der Waals surface area contributed by atoms with Gasteiger partial charge in [-0.2, -0.15) is 5.10 Å². The van der Waals surface area contributed by atoms with E-state index < -0.39 is 0 Å². The van der Waals surface area contributed by atoms with Crippen LogP contribution in [-0.4, -0.2) is 19.3 Å². The molecule has 0 atom stereocenters. The molecule has 2 heterocycles. The van der Waals surface area contributed by atoms with Crippen LogP contribution in [-0.2, 0) is 12.4 Å². The van der Waals surface area contributed by atoms with Crippen molar-refractivity contribution in [2.45, 2.75) is 26.3 Å². The van der Waals surface area contributed by atoms with Gasteiger partial charge < -0.3 is 0 Å². The van der Waals surface area contributed by atoms with Gasteiger partial charge in [0.25, 0.3) is 0 Å². The van der Waals surface area contributed by atoms with Gasteiger partial charge in [0, 0.05) is 10.1 Å². The van der Waals surface area contributed by atoms with Crippen LogP contribution in [0.3, 0.4) is 0 Å². The lowest BCUT2D eigenvalue weighted by Crippen LogP contribution is -2.06. The van der Waals surface area contributed by atoms with E-state index in [0.29, 0.717) is 10.9 Å². The van der Waals surface area contributed by atoms with E-state index in [1.54, 1.807) is 0 Å². The van der Waals surface area contributed by atoms with Crippen LogP contribution >= 0.6 is 45.8 Å². The van der Waals surface area contributed by atoms with Gasteiger partial charge in [-0.25, -0.2) is 9.67 Å². The summed E-state index contributed by atoms with van der Waals surface area (Å²) in [5, 5.41) is 5.20. The van der Waals surface area contributed by atoms with E-state index in [0.717, 1.165) is 38.5 Å². The summed E-state index contributed by atoms with van der Waals surface area (Å²) in [6.07, 6.45) is 0. The lowest BCUT2D eigenvalue weighted by molar-refractivity contribution is 0.660. The highest BCUT2D eigenvalue weighted by atomic mass is 127. The first-order valence-electron chi connectivity index (χ1n) is 6.53. The van der Waals surface area contributed by atoms with Crippen LogP contribution in [0.1, 0.15) is 18.4 Å². The standard InChI is InChI=1S/C14H13Cl2IN4/c1-3-20-14-13(8(2)19-20)18-12(7-15)21(14)11-5-4-9(17)6-10(11)16/h4-6H,3,7H2,1-2H3. The number of aryl methyl sites for hydroxylation is 2. The molecular formula is C14H13Cl2IN4. The van der Waals surface area contributed by atoms with Crippen LogP contribution in [0.5, 0.6) is 0 Å². The molecule has 0 N–H and O–H groups in total. The number of rotatable bonds is 3. The molecule has 3 aromatic rings. The summed E-state index contributed by atoms with van der Waals surface area (Å²) in [7, 11) is 0. The van der Waals surface area contributed by atoms with Crippen molar-refractivity contribution < 1.29 is 0 Å². The Morgan fingerprint density at radius 1 is 1.33 bits per heavy atom. The van der Waals surface area contributed by atoms with E-state index in [1.165, 1.54) is 0 Å². The molecule has 7 heteroatoms. The van der Waals surface area contributed by atoms with Crippen LogP contribution < -0.4 is 0 Å². The smallest absolute Gasteiger partial charge is 0.163 e. The van der Waals surface area contributed by atoms with Gasteiger partial charge in [-0.3, -0.25) is 4.57 Å². The lowest BCUT2D eigenvalue weighted by Gasteiger charge is -2.11. The molecule has 0 saturated heterocycles. The molecular weight excluding hydrogens is 422 g/mol. The van der Waals surface area contributed by atoms with Crippen molar-refractivity contribution in [3.63, 3.8) is 0 Å². The predicted octanol–water partition coefficient (Wildman–Crippen LogP) is 4.55. The number of benzene rings is 1. The molecule has 0 unspecified atom stereocenters. The van der Waals surface area contributed by atoms with E-state index in [1.807, 2.05) is 34.4 Å². The van der Waals surface area contributed by atoms with Gasteiger partial charge in [-0.1, -0.05) is 11.6 Å². The second kappa shape index (κ2) is 5.78. The van der Waals surface area contributed by atoms with Gasteiger partial charge in [0.05, 0.1) is 22.3 Å². The minimum absolute atomic E-state index is 0.320. The Balaban J connectivity index is 2.39. The molecule has 2 aromatic heterocycles. The number of aromatic nitrogens is 4. The third-order valence-corrected chi connectivity index (χ3v) is 4.56. The first kappa shape index (κ1) is 15.1. The molecule has 4 nitrogen and oxygen atoms in total. The number of nitrogens with zero attached hydrogens (tertiary/aromatic N) is 4. The number of fused-ring (bicyclic) bond motifs is 1. The third kappa shape index (κ3) is 2.45. The number of imidazole rings is 1. The average Bonchev–Trinajstić information content (AvgIpc) is 2.97. The van der Waals surface area contributed by atoms with Gasteiger partial charge in [-0.05, 0) is 54.6 Å². The molecule has 0 aliphatic rings. The topological polar surface area (TPSA) is 35.6 Å². The monoisotopic (exact) mass is 434 g/mol. The van der Waals surface area contributed by atoms with Gasteiger partial charge in [-0.15, -0.1) is 11.6 Å². The fourth-order valence-electron chi connectivity index (χ4n) is 2.44. The van der Waals surface area contributed by atoms with E-state index in [4.69, 9.17) is 23.2 Å². The zero-order valence-corrected chi connectivity index (χ0v) is 15.2. The van der Waals surface area contributed by atoms with E-state index in [2.05, 4.69) is 39.6 Å². The normalized spacial score (nSPS) is 11.5. The Labute approximate surface area is 146 Å². The van der Waals surface area contributed by atoms with Crippen LogP contribution in [0.15, 0.2) is 18.2 Å².